The third-order valence-electron chi connectivity index (χ3n) is 2.43. The van der Waals surface area contributed by atoms with Gasteiger partial charge in [0.05, 0.1) is 0 Å². The molecule has 0 bridgehead atoms. The van der Waals surface area contributed by atoms with E-state index < -0.39 is 46.6 Å². The molecule has 1 rings (SSSR count). The Bertz CT molecular complexity index is 460. The van der Waals surface area contributed by atoms with E-state index in [1.54, 1.807) is 6.92 Å². The van der Waals surface area contributed by atoms with Crippen LogP contribution in [0.25, 0.3) is 0 Å². The Labute approximate surface area is 99.8 Å². The lowest BCUT2D eigenvalue weighted by atomic mass is 10.1. The highest BCUT2D eigenvalue weighted by atomic mass is 19.2. The number of hydrogen-bond donors (Lipinski definition) is 1. The molecule has 100 valence electrons. The van der Waals surface area contributed by atoms with Crippen LogP contribution in [0.1, 0.15) is 30.6 Å². The SMILES string of the molecule is CC[C@H](C)NC(=O)c1c(F)c(F)c(F)c(F)c1F. The molecule has 1 atom stereocenters. The highest BCUT2D eigenvalue weighted by molar-refractivity contribution is 5.95. The van der Waals surface area contributed by atoms with Gasteiger partial charge in [-0.1, -0.05) is 6.92 Å². The highest BCUT2D eigenvalue weighted by Crippen LogP contribution is 2.22. The summed E-state index contributed by atoms with van der Waals surface area (Å²) in [5.74, 6) is -12.2. The van der Waals surface area contributed by atoms with E-state index in [1.807, 2.05) is 0 Å². The van der Waals surface area contributed by atoms with Crippen molar-refractivity contribution in [3.8, 4) is 0 Å². The Morgan fingerprint density at radius 3 is 1.78 bits per heavy atom. The van der Waals surface area contributed by atoms with Crippen LogP contribution < -0.4 is 5.32 Å². The zero-order valence-corrected chi connectivity index (χ0v) is 9.58. The summed E-state index contributed by atoms with van der Waals surface area (Å²) in [5.41, 5.74) is -1.47. The second kappa shape index (κ2) is 5.32. The van der Waals surface area contributed by atoms with Gasteiger partial charge >= 0.3 is 0 Å². The van der Waals surface area contributed by atoms with Gasteiger partial charge in [0.15, 0.2) is 23.3 Å². The molecule has 0 radical (unpaired) electrons. The second-order valence-electron chi connectivity index (χ2n) is 3.73. The van der Waals surface area contributed by atoms with Crippen molar-refractivity contribution in [2.24, 2.45) is 0 Å². The maximum absolute atomic E-state index is 13.2. The van der Waals surface area contributed by atoms with Crippen molar-refractivity contribution in [3.63, 3.8) is 0 Å². The molecule has 2 nitrogen and oxygen atoms in total. The molecular formula is C11H10F5NO. The van der Waals surface area contributed by atoms with Crippen molar-refractivity contribution in [2.75, 3.05) is 0 Å². The van der Waals surface area contributed by atoms with E-state index in [9.17, 15) is 26.7 Å². The van der Waals surface area contributed by atoms with Crippen LogP contribution in [0.2, 0.25) is 0 Å². The van der Waals surface area contributed by atoms with Gasteiger partial charge in [-0.2, -0.15) is 0 Å². The molecule has 0 saturated heterocycles. The fraction of sp³-hybridized carbons (Fsp3) is 0.364. The standard InChI is InChI=1S/C11H10F5NO/c1-3-4(2)17-11(18)5-6(12)8(14)10(16)9(15)7(5)13/h4H,3H2,1-2H3,(H,17,18)/t4-/m0/s1. The first kappa shape index (κ1) is 14.4. The van der Waals surface area contributed by atoms with Crippen LogP contribution in [-0.4, -0.2) is 11.9 Å². The normalized spacial score (nSPS) is 12.4. The molecule has 1 N–H and O–H groups in total. The zero-order valence-electron chi connectivity index (χ0n) is 9.58. The first-order chi connectivity index (χ1) is 8.31. The number of rotatable bonds is 3. The van der Waals surface area contributed by atoms with Gasteiger partial charge in [-0.15, -0.1) is 0 Å². The van der Waals surface area contributed by atoms with Crippen molar-refractivity contribution in [2.45, 2.75) is 26.3 Å². The van der Waals surface area contributed by atoms with Crippen LogP contribution in [0, 0.1) is 29.1 Å². The highest BCUT2D eigenvalue weighted by Gasteiger charge is 2.29. The molecular weight excluding hydrogens is 257 g/mol. The Balaban J connectivity index is 3.29. The minimum atomic E-state index is -2.29. The maximum Gasteiger partial charge on any atom is 0.257 e. The number of nitrogens with one attached hydrogen (secondary N) is 1. The van der Waals surface area contributed by atoms with Crippen molar-refractivity contribution >= 4 is 5.91 Å². The van der Waals surface area contributed by atoms with Crippen LogP contribution in [0.4, 0.5) is 22.0 Å². The minimum Gasteiger partial charge on any atom is -0.349 e. The Morgan fingerprint density at radius 2 is 1.39 bits per heavy atom. The lowest BCUT2D eigenvalue weighted by molar-refractivity contribution is 0.0927. The first-order valence-corrected chi connectivity index (χ1v) is 5.13. The molecule has 0 aromatic heterocycles. The fourth-order valence-electron chi connectivity index (χ4n) is 1.20. The smallest absolute Gasteiger partial charge is 0.257 e. The van der Waals surface area contributed by atoms with Crippen LogP contribution in [0.15, 0.2) is 0 Å². The molecule has 0 aliphatic rings. The molecule has 1 amide bonds. The van der Waals surface area contributed by atoms with Crippen molar-refractivity contribution < 1.29 is 26.7 Å². The molecule has 0 aliphatic carbocycles. The molecule has 18 heavy (non-hydrogen) atoms. The van der Waals surface area contributed by atoms with E-state index in [1.165, 1.54) is 6.92 Å². The Morgan fingerprint density at radius 1 is 1.00 bits per heavy atom. The van der Waals surface area contributed by atoms with Gasteiger partial charge in [-0.25, -0.2) is 22.0 Å². The summed E-state index contributed by atoms with van der Waals surface area (Å²) in [5, 5.41) is 2.13. The molecule has 0 fully saturated rings. The molecule has 0 spiro atoms. The summed E-state index contributed by atoms with van der Waals surface area (Å²) in [4.78, 5) is 11.4. The van der Waals surface area contributed by atoms with E-state index in [2.05, 4.69) is 5.32 Å². The Hall–Kier alpha value is -1.66. The largest absolute Gasteiger partial charge is 0.349 e. The van der Waals surface area contributed by atoms with Crippen molar-refractivity contribution in [1.82, 2.24) is 5.32 Å². The van der Waals surface area contributed by atoms with E-state index in [0.717, 1.165) is 0 Å². The van der Waals surface area contributed by atoms with Crippen LogP contribution in [0.5, 0.6) is 0 Å². The van der Waals surface area contributed by atoms with Gasteiger partial charge in [-0.3, -0.25) is 4.79 Å². The molecule has 0 heterocycles. The summed E-state index contributed by atoms with van der Waals surface area (Å²) in [6, 6.07) is -0.451. The molecule has 1 aromatic carbocycles. The molecule has 7 heteroatoms. The quantitative estimate of drug-likeness (QED) is 0.509. The average Bonchev–Trinajstić information content (AvgIpc) is 2.34. The third-order valence-corrected chi connectivity index (χ3v) is 2.43. The van der Waals surface area contributed by atoms with E-state index in [0.29, 0.717) is 6.42 Å². The minimum absolute atomic E-state index is 0.446. The van der Waals surface area contributed by atoms with Crippen molar-refractivity contribution in [3.05, 3.63) is 34.6 Å². The number of carbonyl (C=O) groups excluding carboxylic acids is 1. The predicted molar refractivity (Wildman–Crippen MR) is 53.5 cm³/mol. The van der Waals surface area contributed by atoms with Crippen LogP contribution in [-0.2, 0) is 0 Å². The number of carbonyl (C=O) groups is 1. The predicted octanol–water partition coefficient (Wildman–Crippen LogP) is 2.91. The van der Waals surface area contributed by atoms with Crippen molar-refractivity contribution in [1.29, 1.82) is 0 Å². The number of hydrogen-bond acceptors (Lipinski definition) is 1. The van der Waals surface area contributed by atoms with E-state index in [-0.39, 0.29) is 0 Å². The summed E-state index contributed by atoms with van der Waals surface area (Å²) in [6.07, 6.45) is 0.446. The molecule has 0 saturated carbocycles. The Kier molecular flexibility index (Phi) is 4.26. The van der Waals surface area contributed by atoms with Gasteiger partial charge in [0, 0.05) is 6.04 Å². The topological polar surface area (TPSA) is 29.1 Å². The van der Waals surface area contributed by atoms with Gasteiger partial charge < -0.3 is 5.32 Å². The summed E-state index contributed by atoms with van der Waals surface area (Å²) >= 11 is 0. The molecule has 1 aromatic rings. The van der Waals surface area contributed by atoms with Gasteiger partial charge in [0.2, 0.25) is 5.82 Å². The summed E-state index contributed by atoms with van der Waals surface area (Å²) in [7, 11) is 0. The lowest BCUT2D eigenvalue weighted by Crippen LogP contribution is -2.34. The fourth-order valence-corrected chi connectivity index (χ4v) is 1.20. The van der Waals surface area contributed by atoms with E-state index >= 15 is 0 Å². The zero-order chi connectivity index (χ0) is 14.0. The molecule has 0 aliphatic heterocycles. The second-order valence-corrected chi connectivity index (χ2v) is 3.73. The number of amides is 1. The summed E-state index contributed by atoms with van der Waals surface area (Å²) < 4.78 is 64.9. The first-order valence-electron chi connectivity index (χ1n) is 5.13. The lowest BCUT2D eigenvalue weighted by Gasteiger charge is -2.13. The molecule has 0 unspecified atom stereocenters. The van der Waals surface area contributed by atoms with Crippen LogP contribution >= 0.6 is 0 Å². The van der Waals surface area contributed by atoms with E-state index in [4.69, 9.17) is 0 Å². The average molecular weight is 267 g/mol. The monoisotopic (exact) mass is 267 g/mol. The maximum atomic E-state index is 13.2. The van der Waals surface area contributed by atoms with Crippen LogP contribution in [0.3, 0.4) is 0 Å². The van der Waals surface area contributed by atoms with Gasteiger partial charge in [0.25, 0.3) is 5.91 Å². The van der Waals surface area contributed by atoms with Gasteiger partial charge in [0.1, 0.15) is 5.56 Å². The number of halogens is 5. The number of benzene rings is 1. The third kappa shape index (κ3) is 2.44. The van der Waals surface area contributed by atoms with Gasteiger partial charge in [-0.05, 0) is 13.3 Å². The summed E-state index contributed by atoms with van der Waals surface area (Å²) in [6.45, 7) is 3.22.